The molecular weight excluding hydrogens is 271 g/mol. The lowest BCUT2D eigenvalue weighted by Crippen LogP contribution is -2.44. The molecule has 2 aliphatic heterocycles. The van der Waals surface area contributed by atoms with Gasteiger partial charge in [0.05, 0.1) is 23.6 Å². The first-order valence-corrected chi connectivity index (χ1v) is 7.35. The molecule has 0 spiro atoms. The second-order valence-corrected chi connectivity index (χ2v) is 6.93. The summed E-state index contributed by atoms with van der Waals surface area (Å²) < 4.78 is 17.1. The molecule has 7 heteroatoms. The lowest BCUT2D eigenvalue weighted by molar-refractivity contribution is -0.133. The van der Waals surface area contributed by atoms with Crippen molar-refractivity contribution in [1.82, 2.24) is 5.01 Å². The maximum absolute atomic E-state index is 12.1. The summed E-state index contributed by atoms with van der Waals surface area (Å²) in [5, 5.41) is 5.59. The number of rotatable bonds is 3. The highest BCUT2D eigenvalue weighted by molar-refractivity contribution is 6.63. The van der Waals surface area contributed by atoms with Gasteiger partial charge in [0.2, 0.25) is 0 Å². The van der Waals surface area contributed by atoms with Crippen molar-refractivity contribution in [1.29, 1.82) is 0 Å². The molecule has 0 bridgehead atoms. The third-order valence-corrected chi connectivity index (χ3v) is 4.81. The maximum atomic E-state index is 12.1. The van der Waals surface area contributed by atoms with Gasteiger partial charge in [-0.3, -0.25) is 5.01 Å². The Hall–Kier alpha value is -1.08. The first-order chi connectivity index (χ1) is 9.57. The van der Waals surface area contributed by atoms with Gasteiger partial charge in [-0.05, 0) is 34.6 Å². The van der Waals surface area contributed by atoms with Gasteiger partial charge >= 0.3 is 13.1 Å². The van der Waals surface area contributed by atoms with Crippen LogP contribution in [0.5, 0.6) is 0 Å². The summed E-state index contributed by atoms with van der Waals surface area (Å²) in [7, 11) is 0.835. The van der Waals surface area contributed by atoms with Gasteiger partial charge in [0.1, 0.15) is 0 Å². The van der Waals surface area contributed by atoms with E-state index in [0.717, 1.165) is 6.54 Å². The van der Waals surface area contributed by atoms with E-state index in [2.05, 4.69) is 5.10 Å². The van der Waals surface area contributed by atoms with Crippen molar-refractivity contribution in [3.8, 4) is 0 Å². The molecule has 1 fully saturated rings. The predicted octanol–water partition coefficient (Wildman–Crippen LogP) is 1.70. The fourth-order valence-electron chi connectivity index (χ4n) is 2.59. The topological polar surface area (TPSA) is 60.4 Å². The van der Waals surface area contributed by atoms with Crippen LogP contribution in [-0.4, -0.2) is 55.2 Å². The zero-order valence-corrected chi connectivity index (χ0v) is 14.0. The maximum Gasteiger partial charge on any atom is 0.472 e. The van der Waals surface area contributed by atoms with Gasteiger partial charge in [-0.15, -0.1) is 0 Å². The molecule has 1 saturated heterocycles. The van der Waals surface area contributed by atoms with Gasteiger partial charge in [-0.2, -0.15) is 5.10 Å². The highest BCUT2D eigenvalue weighted by atomic mass is 16.7. The molecule has 0 aromatic carbocycles. The number of carbonyl (C=O) groups is 1. The van der Waals surface area contributed by atoms with Gasteiger partial charge in [0.15, 0.2) is 5.71 Å². The molecule has 0 saturated carbocycles. The predicted molar refractivity (Wildman–Crippen MR) is 81.1 cm³/mol. The molecule has 1 unspecified atom stereocenters. The average molecular weight is 296 g/mol. The Kier molecular flexibility index (Phi) is 3.87. The Labute approximate surface area is 126 Å². The van der Waals surface area contributed by atoms with Crippen LogP contribution in [0.3, 0.4) is 0 Å². The number of ether oxygens (including phenoxy) is 1. The molecule has 0 aliphatic carbocycles. The number of nitrogens with zero attached hydrogens (tertiary/aromatic N) is 2. The number of methoxy groups -OCH3 is 1. The van der Waals surface area contributed by atoms with Crippen LogP contribution in [0, 0.1) is 0 Å². The van der Waals surface area contributed by atoms with E-state index < -0.39 is 29.6 Å². The summed E-state index contributed by atoms with van der Waals surface area (Å²) in [6.45, 7) is 13.2. The Morgan fingerprint density at radius 1 is 1.29 bits per heavy atom. The molecular formula is C14H25BN2O4. The SMILES string of the molecule is CCN1CC(C)(B2OC(C)(C)C(C)(C)O2)C(C(=O)OC)=N1. The van der Waals surface area contributed by atoms with E-state index in [1.165, 1.54) is 7.11 Å². The molecule has 0 aromatic rings. The number of esters is 1. The highest BCUT2D eigenvalue weighted by Crippen LogP contribution is 2.48. The van der Waals surface area contributed by atoms with Crippen molar-refractivity contribution in [2.75, 3.05) is 20.2 Å². The first kappa shape index (κ1) is 16.3. The van der Waals surface area contributed by atoms with Crippen LogP contribution in [0.15, 0.2) is 5.10 Å². The zero-order valence-electron chi connectivity index (χ0n) is 14.0. The number of carbonyl (C=O) groups excluding carboxylic acids is 1. The minimum atomic E-state index is -0.645. The third-order valence-electron chi connectivity index (χ3n) is 4.81. The van der Waals surface area contributed by atoms with Gasteiger partial charge in [0, 0.05) is 13.1 Å². The summed E-state index contributed by atoms with van der Waals surface area (Å²) >= 11 is 0. The van der Waals surface area contributed by atoms with Crippen LogP contribution >= 0.6 is 0 Å². The van der Waals surface area contributed by atoms with Gasteiger partial charge < -0.3 is 14.0 Å². The lowest BCUT2D eigenvalue weighted by atomic mass is 9.56. The number of hydrazone groups is 1. The van der Waals surface area contributed by atoms with E-state index in [0.29, 0.717) is 12.3 Å². The Bertz CT molecular complexity index is 462. The van der Waals surface area contributed by atoms with Crippen molar-refractivity contribution in [3.05, 3.63) is 0 Å². The third kappa shape index (κ3) is 2.46. The molecule has 0 amide bonds. The van der Waals surface area contributed by atoms with Crippen molar-refractivity contribution < 1.29 is 18.8 Å². The Morgan fingerprint density at radius 3 is 2.24 bits per heavy atom. The number of hydrogen-bond acceptors (Lipinski definition) is 6. The van der Waals surface area contributed by atoms with E-state index in [4.69, 9.17) is 14.0 Å². The number of hydrogen-bond donors (Lipinski definition) is 0. The minimum Gasteiger partial charge on any atom is -0.464 e. The molecule has 0 N–H and O–H groups in total. The van der Waals surface area contributed by atoms with E-state index in [-0.39, 0.29) is 0 Å². The lowest BCUT2D eigenvalue weighted by Gasteiger charge is -2.32. The van der Waals surface area contributed by atoms with Crippen LogP contribution in [0.4, 0.5) is 0 Å². The summed E-state index contributed by atoms with van der Waals surface area (Å²) in [4.78, 5) is 12.1. The van der Waals surface area contributed by atoms with Crippen molar-refractivity contribution in [3.63, 3.8) is 0 Å². The summed E-state index contributed by atoms with van der Waals surface area (Å²) in [6.07, 6.45) is 0. The second-order valence-electron chi connectivity index (χ2n) is 6.93. The quantitative estimate of drug-likeness (QED) is 0.586. The monoisotopic (exact) mass is 296 g/mol. The summed E-state index contributed by atoms with van der Waals surface area (Å²) in [5.41, 5.74) is -0.520. The van der Waals surface area contributed by atoms with Crippen LogP contribution in [0.25, 0.3) is 0 Å². The largest absolute Gasteiger partial charge is 0.472 e. The molecule has 0 radical (unpaired) electrons. The van der Waals surface area contributed by atoms with Crippen LogP contribution in [0.2, 0.25) is 5.31 Å². The molecule has 118 valence electrons. The fourth-order valence-corrected chi connectivity index (χ4v) is 2.59. The smallest absolute Gasteiger partial charge is 0.464 e. The van der Waals surface area contributed by atoms with Crippen LogP contribution in [-0.2, 0) is 18.8 Å². The van der Waals surface area contributed by atoms with Gasteiger partial charge in [0.25, 0.3) is 0 Å². The van der Waals surface area contributed by atoms with E-state index >= 15 is 0 Å². The standard InChI is InChI=1S/C14H25BN2O4/c1-8-17-9-14(6,10(16-17)11(18)19-7)15-20-12(2,3)13(4,5)21-15/h8-9H2,1-7H3. The van der Waals surface area contributed by atoms with E-state index in [1.807, 2.05) is 46.6 Å². The van der Waals surface area contributed by atoms with Gasteiger partial charge in [-0.25, -0.2) is 4.79 Å². The fraction of sp³-hybridized carbons (Fsp3) is 0.857. The molecule has 2 aliphatic rings. The van der Waals surface area contributed by atoms with Crippen molar-refractivity contribution in [2.45, 2.75) is 58.1 Å². The first-order valence-electron chi connectivity index (χ1n) is 7.35. The summed E-state index contributed by atoms with van der Waals surface area (Å²) in [6, 6.07) is 0. The van der Waals surface area contributed by atoms with Crippen LogP contribution < -0.4 is 0 Å². The van der Waals surface area contributed by atoms with Gasteiger partial charge in [-0.1, -0.05) is 6.92 Å². The normalized spacial score (nSPS) is 30.5. The average Bonchev–Trinajstić information content (AvgIpc) is 2.85. The second kappa shape index (κ2) is 4.99. The van der Waals surface area contributed by atoms with Crippen molar-refractivity contribution in [2.24, 2.45) is 5.10 Å². The summed E-state index contributed by atoms with van der Waals surface area (Å²) in [5.74, 6) is -0.428. The minimum absolute atomic E-state index is 0.366. The molecule has 6 nitrogen and oxygen atoms in total. The Balaban J connectivity index is 2.34. The van der Waals surface area contributed by atoms with E-state index in [9.17, 15) is 4.79 Å². The Morgan fingerprint density at radius 2 is 1.81 bits per heavy atom. The molecule has 0 aromatic heterocycles. The molecule has 2 rings (SSSR count). The zero-order chi connectivity index (χ0) is 16.1. The molecule has 21 heavy (non-hydrogen) atoms. The van der Waals surface area contributed by atoms with Crippen LogP contribution in [0.1, 0.15) is 41.5 Å². The molecule has 2 heterocycles. The van der Waals surface area contributed by atoms with Crippen molar-refractivity contribution >= 4 is 18.8 Å². The highest BCUT2D eigenvalue weighted by Gasteiger charge is 2.62. The molecule has 1 atom stereocenters. The van der Waals surface area contributed by atoms with E-state index in [1.54, 1.807) is 0 Å².